The van der Waals surface area contributed by atoms with Gasteiger partial charge in [0, 0.05) is 31.0 Å². The number of sulfone groups is 1. The molecule has 0 saturated carbocycles. The van der Waals surface area contributed by atoms with Crippen molar-refractivity contribution in [1.82, 2.24) is 5.32 Å². The number of carbonyl (C=O) groups excluding carboxylic acids is 2. The molecule has 0 fully saturated rings. The van der Waals surface area contributed by atoms with E-state index in [2.05, 4.69) is 10.6 Å². The van der Waals surface area contributed by atoms with Crippen LogP contribution in [0.25, 0.3) is 0 Å². The molecule has 0 atom stereocenters. The molecule has 0 aliphatic carbocycles. The lowest BCUT2D eigenvalue weighted by Gasteiger charge is -2.10. The van der Waals surface area contributed by atoms with Gasteiger partial charge in [-0.1, -0.05) is 0 Å². The summed E-state index contributed by atoms with van der Waals surface area (Å²) in [5.74, 6) is 0.225. The van der Waals surface area contributed by atoms with E-state index in [4.69, 9.17) is 4.74 Å². The number of anilines is 1. The van der Waals surface area contributed by atoms with Crippen LogP contribution in [-0.4, -0.2) is 40.1 Å². The van der Waals surface area contributed by atoms with Gasteiger partial charge < -0.3 is 15.4 Å². The Hall–Kier alpha value is -2.87. The molecule has 7 nitrogen and oxygen atoms in total. The highest BCUT2D eigenvalue weighted by molar-refractivity contribution is 7.90. The number of hydrogen-bond donors (Lipinski definition) is 2. The zero-order valence-electron chi connectivity index (χ0n) is 16.1. The second-order valence-corrected chi connectivity index (χ2v) is 8.37. The number of hydrogen-bond acceptors (Lipinski definition) is 5. The quantitative estimate of drug-likeness (QED) is 0.659. The fourth-order valence-corrected chi connectivity index (χ4v) is 3.14. The van der Waals surface area contributed by atoms with E-state index in [1.165, 1.54) is 12.1 Å². The van der Waals surface area contributed by atoms with E-state index in [9.17, 15) is 18.0 Å². The molecule has 0 bridgehead atoms. The van der Waals surface area contributed by atoms with Gasteiger partial charge in [-0.25, -0.2) is 8.42 Å². The molecule has 0 saturated heterocycles. The molecular formula is C20H24N2O5S. The first kappa shape index (κ1) is 21.4. The van der Waals surface area contributed by atoms with Crippen molar-refractivity contribution < 1.29 is 22.7 Å². The summed E-state index contributed by atoms with van der Waals surface area (Å²) in [7, 11) is -1.66. The third-order valence-electron chi connectivity index (χ3n) is 4.06. The predicted molar refractivity (Wildman–Crippen MR) is 107 cm³/mol. The smallest absolute Gasteiger partial charge is 0.251 e. The third kappa shape index (κ3) is 6.09. The number of aryl methyl sites for hydroxylation is 1. The lowest BCUT2D eigenvalue weighted by atomic mass is 10.1. The first-order valence-corrected chi connectivity index (χ1v) is 10.7. The Balaban J connectivity index is 1.79. The Morgan fingerprint density at radius 1 is 1.07 bits per heavy atom. The average Bonchev–Trinajstić information content (AvgIpc) is 2.66. The van der Waals surface area contributed by atoms with Gasteiger partial charge in [-0.3, -0.25) is 9.59 Å². The fraction of sp³-hybridized carbons (Fsp3) is 0.300. The summed E-state index contributed by atoms with van der Waals surface area (Å²) in [5, 5.41) is 5.38. The normalized spacial score (nSPS) is 11.0. The minimum atomic E-state index is -3.23. The Morgan fingerprint density at radius 3 is 2.32 bits per heavy atom. The zero-order chi connectivity index (χ0) is 20.7. The fourth-order valence-electron chi connectivity index (χ4n) is 2.51. The summed E-state index contributed by atoms with van der Waals surface area (Å²) in [6.45, 7) is 2.16. The van der Waals surface area contributed by atoms with Gasteiger partial charge in [-0.2, -0.15) is 0 Å². The Morgan fingerprint density at radius 2 is 1.75 bits per heavy atom. The molecule has 0 spiro atoms. The number of ether oxygens (including phenoxy) is 1. The van der Waals surface area contributed by atoms with E-state index in [1.54, 1.807) is 37.4 Å². The molecule has 0 unspecified atom stereocenters. The molecule has 2 aromatic carbocycles. The second kappa shape index (κ2) is 9.36. The van der Waals surface area contributed by atoms with Gasteiger partial charge >= 0.3 is 0 Å². The van der Waals surface area contributed by atoms with Crippen LogP contribution in [0.5, 0.6) is 5.75 Å². The van der Waals surface area contributed by atoms with Gasteiger partial charge in [0.2, 0.25) is 5.91 Å². The van der Waals surface area contributed by atoms with Crippen LogP contribution in [0.1, 0.15) is 28.8 Å². The summed E-state index contributed by atoms with van der Waals surface area (Å²) >= 11 is 0. The molecule has 2 amide bonds. The molecule has 0 radical (unpaired) electrons. The molecule has 2 N–H and O–H groups in total. The maximum atomic E-state index is 12.1. The van der Waals surface area contributed by atoms with E-state index in [0.29, 0.717) is 30.0 Å². The van der Waals surface area contributed by atoms with Crippen molar-refractivity contribution in [2.24, 2.45) is 0 Å². The van der Waals surface area contributed by atoms with Crippen molar-refractivity contribution in [3.8, 4) is 5.75 Å². The van der Waals surface area contributed by atoms with Gasteiger partial charge in [-0.05, 0) is 61.4 Å². The lowest BCUT2D eigenvalue weighted by molar-refractivity contribution is -0.116. The van der Waals surface area contributed by atoms with E-state index in [1.807, 2.05) is 6.92 Å². The standard InChI is InChI=1S/C20H24N2O5S/c1-14-13-15(20(24)21-2)6-11-18(14)22-19(23)5-4-12-27-16-7-9-17(10-8-16)28(3,25)26/h6-11,13H,4-5,12H2,1-3H3,(H,21,24)(H,22,23). The summed E-state index contributed by atoms with van der Waals surface area (Å²) in [6.07, 6.45) is 1.93. The maximum absolute atomic E-state index is 12.1. The predicted octanol–water partition coefficient (Wildman–Crippen LogP) is 2.56. The van der Waals surface area contributed by atoms with Gasteiger partial charge in [0.1, 0.15) is 5.75 Å². The van der Waals surface area contributed by atoms with Crippen molar-refractivity contribution in [3.63, 3.8) is 0 Å². The van der Waals surface area contributed by atoms with Crippen LogP contribution in [0, 0.1) is 6.92 Å². The van der Waals surface area contributed by atoms with Gasteiger partial charge in [0.25, 0.3) is 5.91 Å². The molecule has 28 heavy (non-hydrogen) atoms. The number of rotatable bonds is 8. The summed E-state index contributed by atoms with van der Waals surface area (Å²) in [4.78, 5) is 23.9. The molecule has 0 aliphatic heterocycles. The first-order valence-electron chi connectivity index (χ1n) is 8.76. The van der Waals surface area contributed by atoms with E-state index in [-0.39, 0.29) is 23.1 Å². The van der Waals surface area contributed by atoms with Crippen LogP contribution in [-0.2, 0) is 14.6 Å². The highest BCUT2D eigenvalue weighted by Gasteiger charge is 2.09. The Kier molecular flexibility index (Phi) is 7.17. The first-order chi connectivity index (χ1) is 13.2. The van der Waals surface area contributed by atoms with Gasteiger partial charge in [0.15, 0.2) is 9.84 Å². The molecule has 0 heterocycles. The topological polar surface area (TPSA) is 102 Å². The van der Waals surface area contributed by atoms with Crippen LogP contribution in [0.15, 0.2) is 47.4 Å². The van der Waals surface area contributed by atoms with Crippen LogP contribution in [0.4, 0.5) is 5.69 Å². The minimum absolute atomic E-state index is 0.146. The molecular weight excluding hydrogens is 380 g/mol. The Labute approximate surface area is 165 Å². The highest BCUT2D eigenvalue weighted by atomic mass is 32.2. The third-order valence-corrected chi connectivity index (χ3v) is 5.19. The largest absolute Gasteiger partial charge is 0.494 e. The zero-order valence-corrected chi connectivity index (χ0v) is 16.9. The van der Waals surface area contributed by atoms with Crippen LogP contribution < -0.4 is 15.4 Å². The van der Waals surface area contributed by atoms with Crippen molar-refractivity contribution in [2.45, 2.75) is 24.7 Å². The SMILES string of the molecule is CNC(=O)c1ccc(NC(=O)CCCOc2ccc(S(C)(=O)=O)cc2)c(C)c1. The number of benzene rings is 2. The average molecular weight is 404 g/mol. The van der Waals surface area contributed by atoms with E-state index < -0.39 is 9.84 Å². The van der Waals surface area contributed by atoms with Crippen molar-refractivity contribution in [1.29, 1.82) is 0 Å². The summed E-state index contributed by atoms with van der Waals surface area (Å²) in [5.41, 5.74) is 2.00. The van der Waals surface area contributed by atoms with Crippen molar-refractivity contribution in [3.05, 3.63) is 53.6 Å². The van der Waals surface area contributed by atoms with Crippen molar-refractivity contribution in [2.75, 3.05) is 25.2 Å². The minimum Gasteiger partial charge on any atom is -0.494 e. The van der Waals surface area contributed by atoms with E-state index in [0.717, 1.165) is 11.8 Å². The molecule has 8 heteroatoms. The second-order valence-electron chi connectivity index (χ2n) is 6.35. The summed E-state index contributed by atoms with van der Waals surface area (Å²) in [6, 6.07) is 11.2. The van der Waals surface area contributed by atoms with Crippen molar-refractivity contribution >= 4 is 27.3 Å². The molecule has 150 valence electrons. The summed E-state index contributed by atoms with van der Waals surface area (Å²) < 4.78 is 28.4. The molecule has 2 rings (SSSR count). The van der Waals surface area contributed by atoms with Gasteiger partial charge in [0.05, 0.1) is 11.5 Å². The monoisotopic (exact) mass is 404 g/mol. The lowest BCUT2D eigenvalue weighted by Crippen LogP contribution is -2.18. The number of nitrogens with one attached hydrogen (secondary N) is 2. The van der Waals surface area contributed by atoms with Crippen LogP contribution >= 0.6 is 0 Å². The van der Waals surface area contributed by atoms with Crippen LogP contribution in [0.2, 0.25) is 0 Å². The Bertz CT molecular complexity index is 953. The molecule has 2 aromatic rings. The number of amides is 2. The van der Waals surface area contributed by atoms with Gasteiger partial charge in [-0.15, -0.1) is 0 Å². The molecule has 0 aliphatic rings. The molecule has 0 aromatic heterocycles. The van der Waals surface area contributed by atoms with Crippen LogP contribution in [0.3, 0.4) is 0 Å². The highest BCUT2D eigenvalue weighted by Crippen LogP contribution is 2.18. The number of carbonyl (C=O) groups is 2. The maximum Gasteiger partial charge on any atom is 0.251 e. The van der Waals surface area contributed by atoms with E-state index >= 15 is 0 Å².